The van der Waals surface area contributed by atoms with Crippen LogP contribution in [0.2, 0.25) is 0 Å². The van der Waals surface area contributed by atoms with Gasteiger partial charge in [0.2, 0.25) is 0 Å². The van der Waals surface area contributed by atoms with Crippen molar-refractivity contribution in [3.05, 3.63) is 36.1 Å². The van der Waals surface area contributed by atoms with E-state index in [0.29, 0.717) is 6.54 Å². The number of aliphatic hydroxyl groups is 1. The van der Waals surface area contributed by atoms with E-state index in [2.05, 4.69) is 0 Å². The monoisotopic (exact) mass is 259 g/mol. The van der Waals surface area contributed by atoms with Crippen LogP contribution in [-0.4, -0.2) is 11.7 Å². The van der Waals surface area contributed by atoms with Crippen LogP contribution >= 0.6 is 0 Å². The molecule has 1 fully saturated rings. The van der Waals surface area contributed by atoms with Crippen LogP contribution in [0.4, 0.5) is 0 Å². The minimum absolute atomic E-state index is 0.176. The van der Waals surface area contributed by atoms with Gasteiger partial charge in [-0.05, 0) is 18.9 Å². The fraction of sp³-hybridized carbons (Fsp3) is 0.500. The molecule has 1 saturated carbocycles. The largest absolute Gasteiger partial charge is 0.464 e. The number of benzene rings is 1. The summed E-state index contributed by atoms with van der Waals surface area (Å²) in [4.78, 5) is 0. The number of hydrogen-bond acceptors (Lipinski definition) is 3. The Morgan fingerprint density at radius 2 is 1.95 bits per heavy atom. The van der Waals surface area contributed by atoms with Crippen LogP contribution in [0, 0.1) is 5.41 Å². The Labute approximate surface area is 113 Å². The number of aliphatic hydroxyl groups excluding tert-OH is 1. The predicted octanol–water partition coefficient (Wildman–Crippen LogP) is 3.38. The Bertz CT molecular complexity index is 555. The molecule has 1 aliphatic rings. The molecule has 2 aromatic rings. The molecule has 3 nitrogen and oxygen atoms in total. The van der Waals surface area contributed by atoms with E-state index in [1.54, 1.807) is 6.26 Å². The van der Waals surface area contributed by atoms with Gasteiger partial charge < -0.3 is 15.3 Å². The average Bonchev–Trinajstić information content (AvgIpc) is 2.91. The molecule has 0 bridgehead atoms. The Balaban J connectivity index is 2.00. The van der Waals surface area contributed by atoms with Crippen molar-refractivity contribution < 1.29 is 9.52 Å². The maximum Gasteiger partial charge on any atom is 0.134 e. The van der Waals surface area contributed by atoms with Crippen LogP contribution in [0.1, 0.15) is 43.8 Å². The molecule has 1 heterocycles. The summed E-state index contributed by atoms with van der Waals surface area (Å²) < 4.78 is 5.55. The van der Waals surface area contributed by atoms with E-state index in [1.807, 2.05) is 24.3 Å². The van der Waals surface area contributed by atoms with Crippen LogP contribution in [-0.2, 0) is 0 Å². The summed E-state index contributed by atoms with van der Waals surface area (Å²) in [5.41, 5.74) is 7.55. The number of furan rings is 1. The van der Waals surface area contributed by atoms with Crippen LogP contribution in [0.25, 0.3) is 11.0 Å². The van der Waals surface area contributed by atoms with Crippen LogP contribution < -0.4 is 5.73 Å². The average molecular weight is 259 g/mol. The molecular formula is C16H21NO2. The first-order valence-electron chi connectivity index (χ1n) is 7.11. The second-order valence-electron chi connectivity index (χ2n) is 5.72. The van der Waals surface area contributed by atoms with Gasteiger partial charge in [-0.3, -0.25) is 0 Å². The smallest absolute Gasteiger partial charge is 0.134 e. The zero-order chi connectivity index (χ0) is 13.3. The molecule has 1 aromatic heterocycles. The summed E-state index contributed by atoms with van der Waals surface area (Å²) in [6, 6.07) is 7.86. The first kappa shape index (κ1) is 12.7. The summed E-state index contributed by atoms with van der Waals surface area (Å²) in [6.45, 7) is 0.535. The topological polar surface area (TPSA) is 59.4 Å². The summed E-state index contributed by atoms with van der Waals surface area (Å²) in [6.07, 6.45) is 6.74. The molecule has 1 atom stereocenters. The molecule has 0 amide bonds. The van der Waals surface area contributed by atoms with E-state index in [9.17, 15) is 5.11 Å². The fourth-order valence-electron chi connectivity index (χ4n) is 3.39. The maximum absolute atomic E-state index is 10.8. The lowest BCUT2D eigenvalue weighted by molar-refractivity contribution is 0.00118. The number of rotatable bonds is 3. The first-order valence-corrected chi connectivity index (χ1v) is 7.11. The van der Waals surface area contributed by atoms with Crippen molar-refractivity contribution in [2.45, 2.75) is 38.2 Å². The van der Waals surface area contributed by atoms with Crippen molar-refractivity contribution >= 4 is 11.0 Å². The van der Waals surface area contributed by atoms with Gasteiger partial charge in [0.1, 0.15) is 5.58 Å². The van der Waals surface area contributed by atoms with Crippen LogP contribution in [0.15, 0.2) is 34.9 Å². The van der Waals surface area contributed by atoms with E-state index in [1.165, 1.54) is 6.42 Å². The molecular weight excluding hydrogens is 238 g/mol. The molecule has 19 heavy (non-hydrogen) atoms. The highest BCUT2D eigenvalue weighted by Crippen LogP contribution is 2.46. The Morgan fingerprint density at radius 1 is 1.21 bits per heavy atom. The Hall–Kier alpha value is -1.32. The number of fused-ring (bicyclic) bond motifs is 1. The lowest BCUT2D eigenvalue weighted by Gasteiger charge is -2.40. The number of hydrogen-bond donors (Lipinski definition) is 2. The van der Waals surface area contributed by atoms with Gasteiger partial charge in [-0.25, -0.2) is 0 Å². The lowest BCUT2D eigenvalue weighted by Crippen LogP contribution is -2.38. The van der Waals surface area contributed by atoms with Crippen molar-refractivity contribution in [2.24, 2.45) is 11.1 Å². The van der Waals surface area contributed by atoms with Gasteiger partial charge in [0.15, 0.2) is 0 Å². The molecule has 3 N–H and O–H groups in total. The third kappa shape index (κ3) is 2.07. The van der Waals surface area contributed by atoms with E-state index >= 15 is 0 Å². The van der Waals surface area contributed by atoms with Gasteiger partial charge in [0.05, 0.1) is 12.4 Å². The molecule has 0 aliphatic heterocycles. The lowest BCUT2D eigenvalue weighted by atomic mass is 9.68. The van der Waals surface area contributed by atoms with E-state index < -0.39 is 6.10 Å². The second-order valence-corrected chi connectivity index (χ2v) is 5.72. The highest BCUT2D eigenvalue weighted by Gasteiger charge is 2.39. The molecule has 3 heteroatoms. The standard InChI is InChI=1S/C16H21NO2/c17-11-16(8-4-1-5-9-16)15(18)13-10-19-14-7-3-2-6-12(13)14/h2-3,6-7,10,15,18H,1,4-5,8-9,11,17H2. The predicted molar refractivity (Wildman–Crippen MR) is 75.7 cm³/mol. The van der Waals surface area contributed by atoms with Gasteiger partial charge >= 0.3 is 0 Å². The van der Waals surface area contributed by atoms with Gasteiger partial charge in [0, 0.05) is 22.9 Å². The summed E-state index contributed by atoms with van der Waals surface area (Å²) in [5, 5.41) is 11.9. The Kier molecular flexibility index (Phi) is 3.33. The summed E-state index contributed by atoms with van der Waals surface area (Å²) in [7, 11) is 0. The summed E-state index contributed by atoms with van der Waals surface area (Å²) in [5.74, 6) is 0. The normalized spacial score (nSPS) is 20.5. The van der Waals surface area contributed by atoms with Crippen molar-refractivity contribution in [1.82, 2.24) is 0 Å². The molecule has 0 spiro atoms. The molecule has 1 aromatic carbocycles. The van der Waals surface area contributed by atoms with Gasteiger partial charge in [-0.1, -0.05) is 37.5 Å². The third-order valence-corrected chi connectivity index (χ3v) is 4.64. The molecule has 3 rings (SSSR count). The third-order valence-electron chi connectivity index (χ3n) is 4.64. The van der Waals surface area contributed by atoms with Crippen LogP contribution in [0.3, 0.4) is 0 Å². The van der Waals surface area contributed by atoms with Gasteiger partial charge in [-0.2, -0.15) is 0 Å². The molecule has 1 aliphatic carbocycles. The van der Waals surface area contributed by atoms with E-state index in [-0.39, 0.29) is 5.41 Å². The highest BCUT2D eigenvalue weighted by molar-refractivity contribution is 5.81. The van der Waals surface area contributed by atoms with Gasteiger partial charge in [0.25, 0.3) is 0 Å². The molecule has 0 saturated heterocycles. The SMILES string of the molecule is NCC1(C(O)c2coc3ccccc23)CCCCC1. The fourth-order valence-corrected chi connectivity index (χ4v) is 3.39. The number of para-hydroxylation sites is 1. The van der Waals surface area contributed by atoms with Crippen molar-refractivity contribution in [3.63, 3.8) is 0 Å². The van der Waals surface area contributed by atoms with E-state index in [4.69, 9.17) is 10.2 Å². The minimum atomic E-state index is -0.526. The van der Waals surface area contributed by atoms with Crippen LogP contribution in [0.5, 0.6) is 0 Å². The zero-order valence-corrected chi connectivity index (χ0v) is 11.1. The van der Waals surface area contributed by atoms with Crippen molar-refractivity contribution in [2.75, 3.05) is 6.54 Å². The quantitative estimate of drug-likeness (QED) is 0.888. The van der Waals surface area contributed by atoms with E-state index in [0.717, 1.165) is 42.2 Å². The maximum atomic E-state index is 10.8. The van der Waals surface area contributed by atoms with Crippen molar-refractivity contribution in [1.29, 1.82) is 0 Å². The molecule has 0 radical (unpaired) electrons. The summed E-state index contributed by atoms with van der Waals surface area (Å²) >= 11 is 0. The Morgan fingerprint density at radius 3 is 2.68 bits per heavy atom. The zero-order valence-electron chi connectivity index (χ0n) is 11.1. The van der Waals surface area contributed by atoms with Crippen molar-refractivity contribution in [3.8, 4) is 0 Å². The van der Waals surface area contributed by atoms with Gasteiger partial charge in [-0.15, -0.1) is 0 Å². The second kappa shape index (κ2) is 4.99. The highest BCUT2D eigenvalue weighted by atomic mass is 16.3. The first-order chi connectivity index (χ1) is 9.27. The number of nitrogens with two attached hydrogens (primary N) is 1. The minimum Gasteiger partial charge on any atom is -0.464 e. The molecule has 1 unspecified atom stereocenters. The molecule has 102 valence electrons.